The normalized spacial score (nSPS) is 23.4. The van der Waals surface area contributed by atoms with Crippen LogP contribution in [0.5, 0.6) is 5.75 Å². The Hall–Kier alpha value is -3.46. The summed E-state index contributed by atoms with van der Waals surface area (Å²) in [7, 11) is 0. The number of unbranched alkanes of at least 4 members (excludes halogenated alkanes) is 1. The highest BCUT2D eigenvalue weighted by Crippen LogP contribution is 2.41. The number of benzene rings is 1. The van der Waals surface area contributed by atoms with Gasteiger partial charge in [-0.05, 0) is 47.6 Å². The summed E-state index contributed by atoms with van der Waals surface area (Å²) < 4.78 is 5.69. The molecule has 3 unspecified atom stereocenters. The van der Waals surface area contributed by atoms with Crippen molar-refractivity contribution in [2.75, 3.05) is 44.2 Å². The molecular formula is C32H42N4O5. The van der Waals surface area contributed by atoms with Gasteiger partial charge in [-0.2, -0.15) is 0 Å². The molecule has 2 aromatic rings. The molecule has 0 aliphatic carbocycles. The van der Waals surface area contributed by atoms with Gasteiger partial charge in [0.1, 0.15) is 5.75 Å². The van der Waals surface area contributed by atoms with E-state index >= 15 is 0 Å². The van der Waals surface area contributed by atoms with Crippen LogP contribution in [-0.2, 0) is 20.8 Å². The first-order chi connectivity index (χ1) is 19.7. The highest BCUT2D eigenvalue weighted by Gasteiger charge is 2.48. The molecule has 1 aromatic heterocycles. The number of hydrogen-bond acceptors (Lipinski definition) is 6. The van der Waals surface area contributed by atoms with E-state index in [9.17, 15) is 19.5 Å². The lowest BCUT2D eigenvalue weighted by molar-refractivity contribution is -0.143. The molecule has 1 aromatic carbocycles. The number of nitrogens with zero attached hydrogens (tertiary/aromatic N) is 4. The average Bonchev–Trinajstić information content (AvgIpc) is 3.62. The first kappa shape index (κ1) is 29.0. The fourth-order valence-corrected chi connectivity index (χ4v) is 6.79. The first-order valence-corrected chi connectivity index (χ1v) is 14.9. The fourth-order valence-electron chi connectivity index (χ4n) is 6.79. The molecular weight excluding hydrogens is 520 g/mol. The highest BCUT2D eigenvalue weighted by atomic mass is 16.5. The van der Waals surface area contributed by atoms with E-state index in [2.05, 4.69) is 36.7 Å². The smallest absolute Gasteiger partial charge is 0.308 e. The molecule has 41 heavy (non-hydrogen) atoms. The molecule has 3 atom stereocenters. The second-order valence-corrected chi connectivity index (χ2v) is 12.5. The van der Waals surface area contributed by atoms with Gasteiger partial charge in [0.2, 0.25) is 11.8 Å². The summed E-state index contributed by atoms with van der Waals surface area (Å²) >= 11 is 0. The van der Waals surface area contributed by atoms with Crippen molar-refractivity contribution in [3.63, 3.8) is 0 Å². The number of aromatic nitrogens is 1. The van der Waals surface area contributed by atoms with Crippen molar-refractivity contribution in [1.82, 2.24) is 14.8 Å². The highest BCUT2D eigenvalue weighted by molar-refractivity contribution is 5.94. The molecule has 2 amide bonds. The van der Waals surface area contributed by atoms with E-state index in [1.165, 1.54) is 0 Å². The third-order valence-corrected chi connectivity index (χ3v) is 8.80. The lowest BCUT2D eigenvalue weighted by Crippen LogP contribution is -2.45. The van der Waals surface area contributed by atoms with Crippen LogP contribution in [0, 0.1) is 11.3 Å². The predicted molar refractivity (Wildman–Crippen MR) is 156 cm³/mol. The number of likely N-dealkylation sites (tertiary alicyclic amines) is 2. The van der Waals surface area contributed by atoms with Crippen LogP contribution in [0.3, 0.4) is 0 Å². The molecule has 9 heteroatoms. The second kappa shape index (κ2) is 12.2. The minimum absolute atomic E-state index is 0.0676. The van der Waals surface area contributed by atoms with Gasteiger partial charge in [0.25, 0.3) is 0 Å². The summed E-state index contributed by atoms with van der Waals surface area (Å²) in [6.45, 7) is 9.18. The lowest BCUT2D eigenvalue weighted by Gasteiger charge is -2.31. The summed E-state index contributed by atoms with van der Waals surface area (Å²) in [4.78, 5) is 49.4. The number of anilines is 1. The molecule has 3 aliphatic heterocycles. The number of ether oxygens (including phenoxy) is 1. The number of carbonyl (C=O) groups excluding carboxylic acids is 2. The number of hydrogen-bond donors (Lipinski definition) is 1. The Morgan fingerprint density at radius 3 is 2.76 bits per heavy atom. The number of carbonyl (C=O) groups is 3. The van der Waals surface area contributed by atoms with Crippen LogP contribution >= 0.6 is 0 Å². The minimum Gasteiger partial charge on any atom is -0.493 e. The summed E-state index contributed by atoms with van der Waals surface area (Å²) in [6, 6.07) is 9.33. The maximum Gasteiger partial charge on any atom is 0.308 e. The lowest BCUT2D eigenvalue weighted by atomic mass is 9.83. The molecule has 0 radical (unpaired) electrons. The van der Waals surface area contributed by atoms with Crippen LogP contribution in [-0.4, -0.2) is 83.0 Å². The largest absolute Gasteiger partial charge is 0.493 e. The third-order valence-electron chi connectivity index (χ3n) is 8.80. The van der Waals surface area contributed by atoms with Crippen LogP contribution in [0.4, 0.5) is 5.69 Å². The standard InChI is InChI=1S/C32H42N4O5/c1-4-5-13-36(24-7-6-12-33-18-24)29(38)20-35-19-25(22-8-9-27-23(16-22)11-15-41-27)30(31(39)40)26(35)10-14-34-21-32(2,3)17-28(34)37/h6-9,12,16,18,25-26,30H,4-5,10-11,13-15,17,19-21H2,1-3H3,(H,39,40). The number of rotatable bonds is 11. The first-order valence-electron chi connectivity index (χ1n) is 14.9. The van der Waals surface area contributed by atoms with Gasteiger partial charge < -0.3 is 19.6 Å². The maximum absolute atomic E-state index is 13.8. The topological polar surface area (TPSA) is 103 Å². The summed E-state index contributed by atoms with van der Waals surface area (Å²) in [5.74, 6) is -0.932. The van der Waals surface area contributed by atoms with Gasteiger partial charge in [0.15, 0.2) is 0 Å². The Balaban J connectivity index is 1.42. The molecule has 2 saturated heterocycles. The summed E-state index contributed by atoms with van der Waals surface area (Å²) in [5.41, 5.74) is 2.73. The predicted octanol–water partition coefficient (Wildman–Crippen LogP) is 3.97. The van der Waals surface area contributed by atoms with E-state index in [1.807, 2.05) is 29.2 Å². The fraction of sp³-hybridized carbons (Fsp3) is 0.562. The van der Waals surface area contributed by atoms with Gasteiger partial charge in [-0.1, -0.05) is 39.3 Å². The Morgan fingerprint density at radius 1 is 1.24 bits per heavy atom. The summed E-state index contributed by atoms with van der Waals surface area (Å²) in [5, 5.41) is 10.6. The van der Waals surface area contributed by atoms with E-state index in [-0.39, 0.29) is 35.7 Å². The summed E-state index contributed by atoms with van der Waals surface area (Å²) in [6.07, 6.45) is 7.00. The maximum atomic E-state index is 13.8. The van der Waals surface area contributed by atoms with E-state index in [1.54, 1.807) is 17.3 Å². The molecule has 0 bridgehead atoms. The Labute approximate surface area is 242 Å². The van der Waals surface area contributed by atoms with Crippen molar-refractivity contribution in [2.24, 2.45) is 11.3 Å². The molecule has 4 heterocycles. The molecule has 2 fully saturated rings. The van der Waals surface area contributed by atoms with Crippen molar-refractivity contribution >= 4 is 23.5 Å². The van der Waals surface area contributed by atoms with Gasteiger partial charge in [0, 0.05) is 57.2 Å². The zero-order valence-electron chi connectivity index (χ0n) is 24.4. The third kappa shape index (κ3) is 6.40. The average molecular weight is 563 g/mol. The SMILES string of the molecule is CCCCN(C(=O)CN1CC(c2ccc3c(c2)CCO3)C(C(=O)O)C1CCN1CC(C)(C)CC1=O)c1cccnc1. The van der Waals surface area contributed by atoms with Crippen molar-refractivity contribution in [2.45, 2.75) is 64.8 Å². The molecule has 9 nitrogen and oxygen atoms in total. The van der Waals surface area contributed by atoms with Crippen LogP contribution in [0.25, 0.3) is 0 Å². The number of carboxylic acid groups (broad SMARTS) is 1. The quantitative estimate of drug-likeness (QED) is 0.442. The molecule has 0 saturated carbocycles. The number of fused-ring (bicyclic) bond motifs is 1. The van der Waals surface area contributed by atoms with Gasteiger partial charge in [-0.15, -0.1) is 0 Å². The van der Waals surface area contributed by atoms with Crippen LogP contribution in [0.1, 0.15) is 63.5 Å². The van der Waals surface area contributed by atoms with Crippen LogP contribution < -0.4 is 9.64 Å². The number of aliphatic carboxylic acids is 1. The van der Waals surface area contributed by atoms with Crippen molar-refractivity contribution in [3.8, 4) is 5.75 Å². The number of amides is 2. The van der Waals surface area contributed by atoms with Crippen molar-refractivity contribution < 1.29 is 24.2 Å². The van der Waals surface area contributed by atoms with Gasteiger partial charge >= 0.3 is 5.97 Å². The van der Waals surface area contributed by atoms with E-state index in [4.69, 9.17) is 4.74 Å². The van der Waals surface area contributed by atoms with Gasteiger partial charge in [0.05, 0.1) is 31.0 Å². The molecule has 3 aliphatic rings. The van der Waals surface area contributed by atoms with Crippen LogP contribution in [0.2, 0.25) is 0 Å². The second-order valence-electron chi connectivity index (χ2n) is 12.5. The van der Waals surface area contributed by atoms with Crippen LogP contribution in [0.15, 0.2) is 42.7 Å². The molecule has 5 rings (SSSR count). The molecule has 220 valence electrons. The Morgan fingerprint density at radius 2 is 2.07 bits per heavy atom. The van der Waals surface area contributed by atoms with Gasteiger partial charge in [-0.3, -0.25) is 24.3 Å². The van der Waals surface area contributed by atoms with E-state index in [0.29, 0.717) is 45.6 Å². The monoisotopic (exact) mass is 562 g/mol. The molecule has 0 spiro atoms. The zero-order valence-corrected chi connectivity index (χ0v) is 24.4. The van der Waals surface area contributed by atoms with Crippen molar-refractivity contribution in [3.05, 3.63) is 53.9 Å². The van der Waals surface area contributed by atoms with Gasteiger partial charge in [-0.25, -0.2) is 0 Å². The molecule has 1 N–H and O–H groups in total. The number of carboxylic acids is 1. The van der Waals surface area contributed by atoms with Crippen molar-refractivity contribution in [1.29, 1.82) is 0 Å². The Kier molecular flexibility index (Phi) is 8.63. The zero-order chi connectivity index (χ0) is 29.1. The Bertz CT molecular complexity index is 1270. The van der Waals surface area contributed by atoms with E-state index in [0.717, 1.165) is 41.8 Å². The minimum atomic E-state index is -0.866. The number of pyridine rings is 1. The van der Waals surface area contributed by atoms with E-state index < -0.39 is 11.9 Å².